The SMILES string of the molecule is COc1ccc(NC(=O)Cn2ccc3ccc(Cl)cc32)cc1OCc1ccncc1. The minimum atomic E-state index is -0.155. The lowest BCUT2D eigenvalue weighted by Gasteiger charge is -2.13. The van der Waals surface area contributed by atoms with E-state index < -0.39 is 0 Å². The summed E-state index contributed by atoms with van der Waals surface area (Å²) in [6.07, 6.45) is 5.30. The summed E-state index contributed by atoms with van der Waals surface area (Å²) in [5.74, 6) is 0.983. The molecule has 0 spiro atoms. The summed E-state index contributed by atoms with van der Waals surface area (Å²) < 4.78 is 13.1. The molecule has 0 unspecified atom stereocenters. The molecule has 2 aromatic heterocycles. The molecule has 30 heavy (non-hydrogen) atoms. The molecule has 0 aliphatic carbocycles. The van der Waals surface area contributed by atoms with Crippen molar-refractivity contribution in [3.05, 3.63) is 83.8 Å². The molecule has 152 valence electrons. The van der Waals surface area contributed by atoms with Gasteiger partial charge in [0.05, 0.1) is 7.11 Å². The second-order valence-corrected chi connectivity index (χ2v) is 7.14. The summed E-state index contributed by atoms with van der Waals surface area (Å²) in [5.41, 5.74) is 2.52. The minimum Gasteiger partial charge on any atom is -0.493 e. The highest BCUT2D eigenvalue weighted by Gasteiger charge is 2.11. The summed E-state index contributed by atoms with van der Waals surface area (Å²) >= 11 is 6.09. The first-order valence-electron chi connectivity index (χ1n) is 9.36. The molecule has 4 rings (SSSR count). The fraction of sp³-hybridized carbons (Fsp3) is 0.130. The van der Waals surface area contributed by atoms with Crippen LogP contribution in [0.1, 0.15) is 5.56 Å². The van der Waals surface area contributed by atoms with Crippen molar-refractivity contribution < 1.29 is 14.3 Å². The average Bonchev–Trinajstić information content (AvgIpc) is 3.14. The molecule has 0 bridgehead atoms. The van der Waals surface area contributed by atoms with Gasteiger partial charge in [-0.1, -0.05) is 17.7 Å². The van der Waals surface area contributed by atoms with Gasteiger partial charge in [0.1, 0.15) is 13.2 Å². The summed E-state index contributed by atoms with van der Waals surface area (Å²) in [4.78, 5) is 16.6. The number of halogens is 1. The number of amides is 1. The van der Waals surface area contributed by atoms with Crippen molar-refractivity contribution in [2.24, 2.45) is 0 Å². The Bertz CT molecular complexity index is 1180. The molecule has 0 aliphatic rings. The molecule has 2 heterocycles. The van der Waals surface area contributed by atoms with Crippen molar-refractivity contribution in [3.63, 3.8) is 0 Å². The van der Waals surface area contributed by atoms with Crippen LogP contribution < -0.4 is 14.8 Å². The van der Waals surface area contributed by atoms with Crippen LogP contribution in [0.4, 0.5) is 5.69 Å². The minimum absolute atomic E-state index is 0.155. The van der Waals surface area contributed by atoms with E-state index in [1.165, 1.54) is 0 Å². The number of fused-ring (bicyclic) bond motifs is 1. The van der Waals surface area contributed by atoms with Gasteiger partial charge in [0.25, 0.3) is 0 Å². The Morgan fingerprint density at radius 1 is 1.07 bits per heavy atom. The zero-order valence-corrected chi connectivity index (χ0v) is 17.1. The van der Waals surface area contributed by atoms with Crippen LogP contribution in [0, 0.1) is 0 Å². The van der Waals surface area contributed by atoms with Crippen molar-refractivity contribution >= 4 is 34.1 Å². The first kappa shape index (κ1) is 19.8. The summed E-state index contributed by atoms with van der Waals surface area (Å²) in [6.45, 7) is 0.537. The average molecular weight is 422 g/mol. The van der Waals surface area contributed by atoms with Crippen LogP contribution in [-0.2, 0) is 17.9 Å². The molecule has 0 fully saturated rings. The molecule has 0 saturated heterocycles. The van der Waals surface area contributed by atoms with E-state index in [-0.39, 0.29) is 12.5 Å². The van der Waals surface area contributed by atoms with Crippen LogP contribution in [0.2, 0.25) is 5.02 Å². The number of aromatic nitrogens is 2. The molecule has 0 radical (unpaired) electrons. The molecular weight excluding hydrogens is 402 g/mol. The number of carbonyl (C=O) groups is 1. The highest BCUT2D eigenvalue weighted by molar-refractivity contribution is 6.31. The van der Waals surface area contributed by atoms with Crippen LogP contribution in [0.25, 0.3) is 10.9 Å². The summed E-state index contributed by atoms with van der Waals surface area (Å²) in [5, 5.41) is 4.58. The quantitative estimate of drug-likeness (QED) is 0.460. The molecule has 0 saturated carbocycles. The second-order valence-electron chi connectivity index (χ2n) is 6.70. The predicted molar refractivity (Wildman–Crippen MR) is 117 cm³/mol. The van der Waals surface area contributed by atoms with Gasteiger partial charge in [-0.15, -0.1) is 0 Å². The highest BCUT2D eigenvalue weighted by Crippen LogP contribution is 2.31. The Morgan fingerprint density at radius 2 is 1.90 bits per heavy atom. The zero-order valence-electron chi connectivity index (χ0n) is 16.3. The number of nitrogens with one attached hydrogen (secondary N) is 1. The van der Waals surface area contributed by atoms with Crippen molar-refractivity contribution in [2.45, 2.75) is 13.2 Å². The number of hydrogen-bond acceptors (Lipinski definition) is 4. The third-order valence-electron chi connectivity index (χ3n) is 4.64. The number of hydrogen-bond donors (Lipinski definition) is 1. The van der Waals surface area contributed by atoms with Crippen LogP contribution in [-0.4, -0.2) is 22.6 Å². The molecular formula is C23H20ClN3O3. The summed E-state index contributed by atoms with van der Waals surface area (Å²) in [7, 11) is 1.58. The second kappa shape index (κ2) is 8.88. The van der Waals surface area contributed by atoms with Gasteiger partial charge >= 0.3 is 0 Å². The maximum absolute atomic E-state index is 12.6. The Hall–Kier alpha value is -3.51. The first-order chi connectivity index (χ1) is 14.6. The lowest BCUT2D eigenvalue weighted by Crippen LogP contribution is -2.18. The maximum atomic E-state index is 12.6. The van der Waals surface area contributed by atoms with E-state index >= 15 is 0 Å². The highest BCUT2D eigenvalue weighted by atomic mass is 35.5. The Balaban J connectivity index is 1.46. The molecule has 4 aromatic rings. The van der Waals surface area contributed by atoms with Gasteiger partial charge in [0.2, 0.25) is 5.91 Å². The number of benzene rings is 2. The molecule has 0 aliphatic heterocycles. The fourth-order valence-electron chi connectivity index (χ4n) is 3.16. The lowest BCUT2D eigenvalue weighted by molar-refractivity contribution is -0.116. The van der Waals surface area contributed by atoms with Crippen molar-refractivity contribution in [1.82, 2.24) is 9.55 Å². The van der Waals surface area contributed by atoms with Crippen molar-refractivity contribution in [1.29, 1.82) is 0 Å². The molecule has 6 nitrogen and oxygen atoms in total. The zero-order chi connectivity index (χ0) is 20.9. The molecule has 1 N–H and O–H groups in total. The lowest BCUT2D eigenvalue weighted by atomic mass is 10.2. The molecule has 0 atom stereocenters. The number of carbonyl (C=O) groups excluding carboxylic acids is 1. The van der Waals surface area contributed by atoms with Gasteiger partial charge in [-0.3, -0.25) is 9.78 Å². The molecule has 2 aromatic carbocycles. The van der Waals surface area contributed by atoms with E-state index in [4.69, 9.17) is 21.1 Å². The monoisotopic (exact) mass is 421 g/mol. The van der Waals surface area contributed by atoms with Crippen LogP contribution in [0.3, 0.4) is 0 Å². The topological polar surface area (TPSA) is 65.4 Å². The van der Waals surface area contributed by atoms with E-state index in [0.29, 0.717) is 28.8 Å². The third-order valence-corrected chi connectivity index (χ3v) is 4.88. The van der Waals surface area contributed by atoms with Crippen LogP contribution in [0.15, 0.2) is 73.2 Å². The van der Waals surface area contributed by atoms with E-state index in [0.717, 1.165) is 16.5 Å². The van der Waals surface area contributed by atoms with Gasteiger partial charge in [-0.05, 0) is 53.4 Å². The predicted octanol–water partition coefficient (Wildman–Crippen LogP) is 4.92. The van der Waals surface area contributed by atoms with Crippen LogP contribution >= 0.6 is 11.6 Å². The number of nitrogens with zero attached hydrogens (tertiary/aromatic N) is 2. The van der Waals surface area contributed by atoms with Crippen molar-refractivity contribution in [3.8, 4) is 11.5 Å². The number of methoxy groups -OCH3 is 1. The Labute approximate surface area is 179 Å². The Kier molecular flexibility index (Phi) is 5.86. The molecule has 7 heteroatoms. The van der Waals surface area contributed by atoms with Gasteiger partial charge in [-0.25, -0.2) is 0 Å². The van der Waals surface area contributed by atoms with Gasteiger partial charge in [-0.2, -0.15) is 0 Å². The third kappa shape index (κ3) is 4.55. The van der Waals surface area contributed by atoms with Crippen LogP contribution in [0.5, 0.6) is 11.5 Å². The largest absolute Gasteiger partial charge is 0.493 e. The first-order valence-corrected chi connectivity index (χ1v) is 9.74. The summed E-state index contributed by atoms with van der Waals surface area (Å²) in [6, 6.07) is 16.6. The van der Waals surface area contributed by atoms with E-state index in [1.54, 1.807) is 37.7 Å². The van der Waals surface area contributed by atoms with E-state index in [1.807, 2.05) is 47.2 Å². The van der Waals surface area contributed by atoms with E-state index in [9.17, 15) is 4.79 Å². The fourth-order valence-corrected chi connectivity index (χ4v) is 3.32. The number of pyridine rings is 1. The van der Waals surface area contributed by atoms with Gasteiger partial charge in [0, 0.05) is 40.9 Å². The van der Waals surface area contributed by atoms with Gasteiger partial charge in [0.15, 0.2) is 11.5 Å². The number of ether oxygens (including phenoxy) is 2. The number of anilines is 1. The molecule has 1 amide bonds. The number of rotatable bonds is 7. The van der Waals surface area contributed by atoms with Gasteiger partial charge < -0.3 is 19.4 Å². The normalized spacial score (nSPS) is 10.7. The van der Waals surface area contributed by atoms with Crippen molar-refractivity contribution in [2.75, 3.05) is 12.4 Å². The van der Waals surface area contributed by atoms with E-state index in [2.05, 4.69) is 10.3 Å². The standard InChI is InChI=1S/C23H20ClN3O3/c1-29-21-5-4-19(13-22(21)30-15-16-6-9-25-10-7-16)26-23(28)14-27-11-8-17-2-3-18(24)12-20(17)27/h2-13H,14-15H2,1H3,(H,26,28). The maximum Gasteiger partial charge on any atom is 0.244 e. The Morgan fingerprint density at radius 3 is 2.70 bits per heavy atom. The smallest absolute Gasteiger partial charge is 0.244 e.